The Labute approximate surface area is 113 Å². The Morgan fingerprint density at radius 3 is 2.61 bits per heavy atom. The quantitative estimate of drug-likeness (QED) is 0.816. The lowest BCUT2D eigenvalue weighted by molar-refractivity contribution is 0.00552. The van der Waals surface area contributed by atoms with E-state index in [9.17, 15) is 0 Å². The average molecular weight is 253 g/mol. The van der Waals surface area contributed by atoms with Crippen molar-refractivity contribution < 1.29 is 0 Å². The molecule has 2 N–H and O–H groups in total. The monoisotopic (exact) mass is 253 g/mol. The first-order valence-electron chi connectivity index (χ1n) is 7.73. The minimum absolute atomic E-state index is 0.282. The molecule has 106 valence electrons. The molecule has 0 aliphatic carbocycles. The third kappa shape index (κ3) is 2.89. The fraction of sp³-hybridized carbons (Fsp3) is 1.00. The average Bonchev–Trinajstić information content (AvgIpc) is 2.52. The summed E-state index contributed by atoms with van der Waals surface area (Å²) in [6, 6.07) is 0.709. The predicted octanol–water partition coefficient (Wildman–Crippen LogP) is 1.92. The Bertz CT molecular complexity index is 268. The second kappa shape index (κ2) is 5.89. The maximum absolute atomic E-state index is 6.22. The highest BCUT2D eigenvalue weighted by Gasteiger charge is 2.40. The van der Waals surface area contributed by atoms with Crippen molar-refractivity contribution in [2.75, 3.05) is 33.2 Å². The molecule has 2 saturated heterocycles. The van der Waals surface area contributed by atoms with E-state index in [1.54, 1.807) is 0 Å². The van der Waals surface area contributed by atoms with Crippen molar-refractivity contribution >= 4 is 0 Å². The molecule has 0 bridgehead atoms. The van der Waals surface area contributed by atoms with Gasteiger partial charge in [0.1, 0.15) is 0 Å². The summed E-state index contributed by atoms with van der Waals surface area (Å²) in [5, 5.41) is 0. The van der Waals surface area contributed by atoms with Gasteiger partial charge < -0.3 is 10.6 Å². The van der Waals surface area contributed by atoms with Crippen molar-refractivity contribution in [2.45, 2.75) is 57.5 Å². The first-order valence-corrected chi connectivity index (χ1v) is 7.73. The van der Waals surface area contributed by atoms with E-state index in [-0.39, 0.29) is 5.54 Å². The standard InChI is InChI=1S/C15H31N3/c1-13-5-9-18(14(2)11-13)15(12-16)6-4-8-17(3)10-7-15/h13-14H,4-12,16H2,1-3H3. The van der Waals surface area contributed by atoms with Crippen LogP contribution in [0, 0.1) is 5.92 Å². The summed E-state index contributed by atoms with van der Waals surface area (Å²) in [7, 11) is 2.24. The Kier molecular flexibility index (Phi) is 4.68. The van der Waals surface area contributed by atoms with Gasteiger partial charge in [0.2, 0.25) is 0 Å². The van der Waals surface area contributed by atoms with Gasteiger partial charge in [-0.1, -0.05) is 6.92 Å². The molecule has 2 heterocycles. The van der Waals surface area contributed by atoms with E-state index in [1.165, 1.54) is 51.7 Å². The Hall–Kier alpha value is -0.120. The molecule has 0 radical (unpaired) electrons. The summed E-state index contributed by atoms with van der Waals surface area (Å²) in [5.74, 6) is 0.888. The van der Waals surface area contributed by atoms with Gasteiger partial charge in [-0.2, -0.15) is 0 Å². The lowest BCUT2D eigenvalue weighted by Crippen LogP contribution is -2.59. The Morgan fingerprint density at radius 2 is 1.94 bits per heavy atom. The maximum atomic E-state index is 6.22. The van der Waals surface area contributed by atoms with Crippen LogP contribution < -0.4 is 5.73 Å². The van der Waals surface area contributed by atoms with E-state index in [1.807, 2.05) is 0 Å². The van der Waals surface area contributed by atoms with Crippen molar-refractivity contribution in [1.29, 1.82) is 0 Å². The number of nitrogens with two attached hydrogens (primary N) is 1. The van der Waals surface area contributed by atoms with Gasteiger partial charge in [-0.05, 0) is 71.6 Å². The van der Waals surface area contributed by atoms with E-state index >= 15 is 0 Å². The molecule has 0 saturated carbocycles. The number of nitrogens with zero attached hydrogens (tertiary/aromatic N) is 2. The SMILES string of the molecule is CC1CCN(C2(CN)CCCN(C)CC2)C(C)C1. The third-order valence-corrected chi connectivity index (χ3v) is 5.27. The summed E-state index contributed by atoms with van der Waals surface area (Å²) in [6.45, 7) is 9.32. The van der Waals surface area contributed by atoms with Crippen molar-refractivity contribution in [3.05, 3.63) is 0 Å². The molecule has 2 aliphatic heterocycles. The molecular weight excluding hydrogens is 222 g/mol. The lowest BCUT2D eigenvalue weighted by atomic mass is 9.82. The van der Waals surface area contributed by atoms with Crippen LogP contribution in [0.1, 0.15) is 46.0 Å². The van der Waals surface area contributed by atoms with Crippen LogP contribution in [-0.2, 0) is 0 Å². The van der Waals surface area contributed by atoms with E-state index < -0.39 is 0 Å². The third-order valence-electron chi connectivity index (χ3n) is 5.27. The highest BCUT2D eigenvalue weighted by Crippen LogP contribution is 2.34. The van der Waals surface area contributed by atoms with Crippen molar-refractivity contribution in [2.24, 2.45) is 11.7 Å². The second-order valence-corrected chi connectivity index (χ2v) is 6.76. The summed E-state index contributed by atoms with van der Waals surface area (Å²) >= 11 is 0. The summed E-state index contributed by atoms with van der Waals surface area (Å²) in [6.07, 6.45) is 6.53. The molecule has 3 unspecified atom stereocenters. The zero-order chi connectivity index (χ0) is 13.2. The number of rotatable bonds is 2. The Balaban J connectivity index is 2.10. The van der Waals surface area contributed by atoms with E-state index in [0.29, 0.717) is 6.04 Å². The molecule has 3 atom stereocenters. The largest absolute Gasteiger partial charge is 0.329 e. The zero-order valence-corrected chi connectivity index (χ0v) is 12.5. The zero-order valence-electron chi connectivity index (χ0n) is 12.5. The van der Waals surface area contributed by atoms with Crippen LogP contribution in [0.15, 0.2) is 0 Å². The van der Waals surface area contributed by atoms with E-state index in [2.05, 4.69) is 30.7 Å². The van der Waals surface area contributed by atoms with Crippen LogP contribution in [0.4, 0.5) is 0 Å². The van der Waals surface area contributed by atoms with Crippen LogP contribution in [0.25, 0.3) is 0 Å². The highest BCUT2D eigenvalue weighted by atomic mass is 15.2. The predicted molar refractivity (Wildman–Crippen MR) is 77.7 cm³/mol. The number of piperidine rings is 1. The molecule has 2 rings (SSSR count). The molecule has 3 heteroatoms. The summed E-state index contributed by atoms with van der Waals surface area (Å²) in [4.78, 5) is 5.22. The molecule has 3 nitrogen and oxygen atoms in total. The topological polar surface area (TPSA) is 32.5 Å². The molecule has 0 aromatic rings. The van der Waals surface area contributed by atoms with Crippen LogP contribution in [0.2, 0.25) is 0 Å². The normalized spacial score (nSPS) is 40.7. The van der Waals surface area contributed by atoms with E-state index in [0.717, 1.165) is 12.5 Å². The molecule has 0 aromatic carbocycles. The molecule has 0 aromatic heterocycles. The molecule has 18 heavy (non-hydrogen) atoms. The van der Waals surface area contributed by atoms with Crippen LogP contribution in [-0.4, -0.2) is 54.6 Å². The van der Waals surface area contributed by atoms with Gasteiger partial charge >= 0.3 is 0 Å². The minimum Gasteiger partial charge on any atom is -0.329 e. The van der Waals surface area contributed by atoms with Gasteiger partial charge in [0.25, 0.3) is 0 Å². The smallest absolute Gasteiger partial charge is 0.0347 e. The van der Waals surface area contributed by atoms with Crippen molar-refractivity contribution in [3.63, 3.8) is 0 Å². The van der Waals surface area contributed by atoms with Gasteiger partial charge in [-0.3, -0.25) is 4.90 Å². The highest BCUT2D eigenvalue weighted by molar-refractivity contribution is 4.98. The van der Waals surface area contributed by atoms with Crippen molar-refractivity contribution in [3.8, 4) is 0 Å². The van der Waals surface area contributed by atoms with E-state index in [4.69, 9.17) is 5.73 Å². The lowest BCUT2D eigenvalue weighted by Gasteiger charge is -2.50. The van der Waals surface area contributed by atoms with Gasteiger partial charge in [0.05, 0.1) is 0 Å². The summed E-state index contributed by atoms with van der Waals surface area (Å²) in [5.41, 5.74) is 6.50. The number of likely N-dealkylation sites (tertiary alicyclic amines) is 2. The molecule has 2 fully saturated rings. The van der Waals surface area contributed by atoms with Gasteiger partial charge in [-0.25, -0.2) is 0 Å². The first kappa shape index (κ1) is 14.3. The van der Waals surface area contributed by atoms with Gasteiger partial charge in [0.15, 0.2) is 0 Å². The van der Waals surface area contributed by atoms with Crippen LogP contribution in [0.5, 0.6) is 0 Å². The summed E-state index contributed by atoms with van der Waals surface area (Å²) < 4.78 is 0. The number of hydrogen-bond donors (Lipinski definition) is 1. The fourth-order valence-electron chi connectivity index (χ4n) is 4.03. The molecular formula is C15H31N3. The molecule has 0 amide bonds. The molecule has 2 aliphatic rings. The van der Waals surface area contributed by atoms with Gasteiger partial charge in [-0.15, -0.1) is 0 Å². The van der Waals surface area contributed by atoms with Crippen molar-refractivity contribution in [1.82, 2.24) is 9.80 Å². The molecule has 0 spiro atoms. The van der Waals surface area contributed by atoms with Gasteiger partial charge in [0, 0.05) is 18.1 Å². The first-order chi connectivity index (χ1) is 8.57. The van der Waals surface area contributed by atoms with Crippen LogP contribution >= 0.6 is 0 Å². The second-order valence-electron chi connectivity index (χ2n) is 6.76. The maximum Gasteiger partial charge on any atom is 0.0347 e. The van der Waals surface area contributed by atoms with Crippen LogP contribution in [0.3, 0.4) is 0 Å². The Morgan fingerprint density at radius 1 is 1.17 bits per heavy atom. The number of hydrogen-bond acceptors (Lipinski definition) is 3. The minimum atomic E-state index is 0.282. The fourth-order valence-corrected chi connectivity index (χ4v) is 4.03.